The molecule has 1 saturated heterocycles. The molecule has 1 fully saturated rings. The van der Waals surface area contributed by atoms with Crippen LogP contribution in [0.1, 0.15) is 50.9 Å². The molecule has 1 unspecified atom stereocenters. The van der Waals surface area contributed by atoms with Crippen LogP contribution in [0.15, 0.2) is 35.9 Å². The zero-order valence-electron chi connectivity index (χ0n) is 17.9. The van der Waals surface area contributed by atoms with E-state index < -0.39 is 24.1 Å². The Morgan fingerprint density at radius 3 is 2.34 bits per heavy atom. The summed E-state index contributed by atoms with van der Waals surface area (Å²) in [7, 11) is 1.54. The Kier molecular flexibility index (Phi) is 7.85. The van der Waals surface area contributed by atoms with E-state index >= 15 is 0 Å². The second-order valence-electron chi connectivity index (χ2n) is 8.33. The molecule has 160 valence electrons. The van der Waals surface area contributed by atoms with Gasteiger partial charge in [-0.05, 0) is 48.4 Å². The molecule has 1 heterocycles. The first-order valence-electron chi connectivity index (χ1n) is 10.1. The lowest BCUT2D eigenvalue weighted by Gasteiger charge is -2.24. The highest BCUT2D eigenvalue weighted by Crippen LogP contribution is 2.33. The van der Waals surface area contributed by atoms with Gasteiger partial charge < -0.3 is 19.3 Å². The van der Waals surface area contributed by atoms with E-state index in [1.165, 1.54) is 0 Å². The maximum Gasteiger partial charge on any atom is 0.338 e. The molecule has 0 aromatic heterocycles. The number of hydrogen-bond donors (Lipinski definition) is 1. The molecule has 1 aliphatic heterocycles. The van der Waals surface area contributed by atoms with Crippen LogP contribution in [0.2, 0.25) is 0 Å². The molecule has 0 radical (unpaired) electrons. The van der Waals surface area contributed by atoms with Gasteiger partial charge in [0.25, 0.3) is 0 Å². The molecule has 0 spiro atoms. The lowest BCUT2D eigenvalue weighted by Crippen LogP contribution is -2.39. The molecule has 29 heavy (non-hydrogen) atoms. The summed E-state index contributed by atoms with van der Waals surface area (Å²) in [6.07, 6.45) is 2.91. The maximum absolute atomic E-state index is 12.3. The molecular weight excluding hydrogens is 372 g/mol. The van der Waals surface area contributed by atoms with Gasteiger partial charge >= 0.3 is 11.9 Å². The van der Waals surface area contributed by atoms with Crippen molar-refractivity contribution >= 4 is 11.9 Å². The smallest absolute Gasteiger partial charge is 0.338 e. The van der Waals surface area contributed by atoms with Gasteiger partial charge in [0, 0.05) is 12.0 Å². The average Bonchev–Trinajstić information content (AvgIpc) is 3.02. The van der Waals surface area contributed by atoms with Crippen LogP contribution < -0.4 is 4.74 Å². The minimum Gasteiger partial charge on any atom is -0.497 e. The third-order valence-corrected chi connectivity index (χ3v) is 5.51. The highest BCUT2D eigenvalue weighted by molar-refractivity contribution is 5.92. The fourth-order valence-corrected chi connectivity index (χ4v) is 3.69. The molecule has 1 aliphatic rings. The van der Waals surface area contributed by atoms with Crippen LogP contribution in [0.3, 0.4) is 0 Å². The predicted molar refractivity (Wildman–Crippen MR) is 110 cm³/mol. The van der Waals surface area contributed by atoms with Crippen molar-refractivity contribution in [3.05, 3.63) is 41.5 Å². The Morgan fingerprint density at radius 1 is 1.21 bits per heavy atom. The van der Waals surface area contributed by atoms with Crippen LogP contribution in [0.4, 0.5) is 0 Å². The van der Waals surface area contributed by atoms with Crippen LogP contribution in [0, 0.1) is 17.8 Å². The maximum atomic E-state index is 12.3. The van der Waals surface area contributed by atoms with E-state index in [0.29, 0.717) is 34.6 Å². The standard InChI is InChI=1S/C23H32O6/c1-15(2)20(16(3)4)11-8-18-12-23(13-24,29-22(18)26)14-28-21(25)17-6-9-19(27-5)10-7-17/h6-10,15-16,20,24H,11-14H2,1-5H3/b18-8+. The first-order chi connectivity index (χ1) is 13.7. The highest BCUT2D eigenvalue weighted by Gasteiger charge is 2.44. The molecule has 0 amide bonds. The number of hydrogen-bond acceptors (Lipinski definition) is 6. The number of aliphatic hydroxyl groups excluding tert-OH is 1. The summed E-state index contributed by atoms with van der Waals surface area (Å²) >= 11 is 0. The molecule has 0 bridgehead atoms. The van der Waals surface area contributed by atoms with Crippen molar-refractivity contribution in [2.45, 2.75) is 46.1 Å². The lowest BCUT2D eigenvalue weighted by molar-refractivity contribution is -0.154. The van der Waals surface area contributed by atoms with Crippen molar-refractivity contribution in [1.29, 1.82) is 0 Å². The van der Waals surface area contributed by atoms with Crippen molar-refractivity contribution in [3.8, 4) is 5.75 Å². The van der Waals surface area contributed by atoms with Gasteiger partial charge in [-0.25, -0.2) is 9.59 Å². The van der Waals surface area contributed by atoms with Gasteiger partial charge in [0.1, 0.15) is 12.4 Å². The second-order valence-corrected chi connectivity index (χ2v) is 8.33. The van der Waals surface area contributed by atoms with Crippen molar-refractivity contribution in [2.75, 3.05) is 20.3 Å². The fourth-order valence-electron chi connectivity index (χ4n) is 3.69. The molecule has 6 nitrogen and oxygen atoms in total. The van der Waals surface area contributed by atoms with E-state index in [1.54, 1.807) is 31.4 Å². The van der Waals surface area contributed by atoms with E-state index in [4.69, 9.17) is 14.2 Å². The SMILES string of the molecule is COc1ccc(C(=O)OCC2(CO)C/C(=C\CC(C(C)C)C(C)C)C(=O)O2)cc1. The highest BCUT2D eigenvalue weighted by atomic mass is 16.6. The van der Waals surface area contributed by atoms with Crippen LogP contribution in [-0.2, 0) is 14.3 Å². The first-order valence-corrected chi connectivity index (χ1v) is 10.1. The molecule has 1 atom stereocenters. The van der Waals surface area contributed by atoms with E-state index in [0.717, 1.165) is 6.42 Å². The molecule has 6 heteroatoms. The zero-order chi connectivity index (χ0) is 21.6. The minimum atomic E-state index is -1.23. The predicted octanol–water partition coefficient (Wildman–Crippen LogP) is 3.77. The Labute approximate surface area is 172 Å². The Balaban J connectivity index is 2.02. The Bertz CT molecular complexity index is 726. The van der Waals surface area contributed by atoms with Crippen molar-refractivity contribution in [3.63, 3.8) is 0 Å². The van der Waals surface area contributed by atoms with Gasteiger partial charge in [0.15, 0.2) is 5.60 Å². The molecular formula is C23H32O6. The largest absolute Gasteiger partial charge is 0.497 e. The number of allylic oxidation sites excluding steroid dienone is 1. The van der Waals surface area contributed by atoms with E-state index in [2.05, 4.69) is 27.7 Å². The van der Waals surface area contributed by atoms with Gasteiger partial charge in [0.05, 0.1) is 19.3 Å². The van der Waals surface area contributed by atoms with Gasteiger partial charge in [-0.3, -0.25) is 0 Å². The molecule has 2 rings (SSSR count). The first kappa shape index (κ1) is 22.9. The second kappa shape index (κ2) is 9.92. The summed E-state index contributed by atoms with van der Waals surface area (Å²) in [6.45, 7) is 8.08. The summed E-state index contributed by atoms with van der Waals surface area (Å²) < 4.78 is 15.8. The van der Waals surface area contributed by atoms with Crippen LogP contribution >= 0.6 is 0 Å². The quantitative estimate of drug-likeness (QED) is 0.498. The number of aliphatic hydroxyl groups is 1. The third-order valence-electron chi connectivity index (χ3n) is 5.51. The number of carbonyl (C=O) groups is 2. The van der Waals surface area contributed by atoms with Gasteiger partial charge in [0.2, 0.25) is 0 Å². The Hall–Kier alpha value is -2.34. The number of cyclic esters (lactones) is 1. The fraction of sp³-hybridized carbons (Fsp3) is 0.565. The monoisotopic (exact) mass is 404 g/mol. The molecule has 1 aromatic carbocycles. The summed E-state index contributed by atoms with van der Waals surface area (Å²) in [6, 6.07) is 6.51. The average molecular weight is 405 g/mol. The third kappa shape index (κ3) is 5.82. The number of carbonyl (C=O) groups excluding carboxylic acids is 2. The minimum absolute atomic E-state index is 0.199. The van der Waals surface area contributed by atoms with Crippen LogP contribution in [0.25, 0.3) is 0 Å². The number of ether oxygens (including phenoxy) is 3. The van der Waals surface area contributed by atoms with E-state index in [-0.39, 0.29) is 13.0 Å². The summed E-state index contributed by atoms with van der Waals surface area (Å²) in [4.78, 5) is 24.6. The summed E-state index contributed by atoms with van der Waals surface area (Å²) in [5.74, 6) is 1.08. The molecule has 1 N–H and O–H groups in total. The number of esters is 2. The summed E-state index contributed by atoms with van der Waals surface area (Å²) in [5, 5.41) is 9.85. The molecule has 1 aromatic rings. The van der Waals surface area contributed by atoms with Gasteiger partial charge in [-0.1, -0.05) is 33.8 Å². The van der Waals surface area contributed by atoms with Crippen molar-refractivity contribution < 1.29 is 28.9 Å². The molecule has 0 saturated carbocycles. The van der Waals surface area contributed by atoms with Crippen LogP contribution in [0.5, 0.6) is 5.75 Å². The van der Waals surface area contributed by atoms with Crippen molar-refractivity contribution in [2.24, 2.45) is 17.8 Å². The number of benzene rings is 1. The Morgan fingerprint density at radius 2 is 1.83 bits per heavy atom. The van der Waals surface area contributed by atoms with E-state index in [1.807, 2.05) is 6.08 Å². The lowest BCUT2D eigenvalue weighted by atomic mass is 9.82. The van der Waals surface area contributed by atoms with Crippen molar-refractivity contribution in [1.82, 2.24) is 0 Å². The van der Waals surface area contributed by atoms with E-state index in [9.17, 15) is 14.7 Å². The van der Waals surface area contributed by atoms with Gasteiger partial charge in [-0.2, -0.15) is 0 Å². The number of methoxy groups -OCH3 is 1. The molecule has 0 aliphatic carbocycles. The van der Waals surface area contributed by atoms with Gasteiger partial charge in [-0.15, -0.1) is 0 Å². The van der Waals surface area contributed by atoms with Crippen LogP contribution in [-0.4, -0.2) is 43.0 Å². The zero-order valence-corrected chi connectivity index (χ0v) is 17.9. The number of rotatable bonds is 9. The summed E-state index contributed by atoms with van der Waals surface area (Å²) in [5.41, 5.74) is -0.336. The topological polar surface area (TPSA) is 82.1 Å². The normalized spacial score (nSPS) is 20.6.